The fourth-order valence-corrected chi connectivity index (χ4v) is 2.73. The fraction of sp³-hybridized carbons (Fsp3) is 0.235. The van der Waals surface area contributed by atoms with Crippen LogP contribution in [0.1, 0.15) is 11.1 Å². The number of hydrogen-bond donors (Lipinski definition) is 3. The molecule has 4 heteroatoms. The zero-order chi connectivity index (χ0) is 14.7. The second-order valence-corrected chi connectivity index (χ2v) is 5.23. The van der Waals surface area contributed by atoms with Gasteiger partial charge in [0.25, 0.3) is 0 Å². The van der Waals surface area contributed by atoms with Crippen molar-refractivity contribution < 1.29 is 9.90 Å². The van der Waals surface area contributed by atoms with Gasteiger partial charge < -0.3 is 15.7 Å². The molecule has 1 unspecified atom stereocenters. The summed E-state index contributed by atoms with van der Waals surface area (Å²) in [5.74, 6) is -0.792. The van der Waals surface area contributed by atoms with E-state index in [2.05, 4.69) is 16.7 Å². The molecule has 0 saturated heterocycles. The standard InChI is InChI=1S/C17H18N2O2/c20-17(21)16-11-14-12(5-4-8-15(14)19-16)9-10-18-13-6-2-1-3-7-13/h1-8,16,18-19H,9-11H2,(H,20,21). The van der Waals surface area contributed by atoms with Crippen LogP contribution in [0.4, 0.5) is 11.4 Å². The van der Waals surface area contributed by atoms with Gasteiger partial charge in [-0.25, -0.2) is 4.79 Å². The Hall–Kier alpha value is -2.49. The Morgan fingerprint density at radius 2 is 2.00 bits per heavy atom. The lowest BCUT2D eigenvalue weighted by molar-refractivity contribution is -0.137. The number of para-hydroxylation sites is 1. The van der Waals surface area contributed by atoms with Crippen LogP contribution in [-0.2, 0) is 17.6 Å². The van der Waals surface area contributed by atoms with E-state index in [9.17, 15) is 4.79 Å². The van der Waals surface area contributed by atoms with Crippen LogP contribution in [0.25, 0.3) is 0 Å². The molecule has 0 bridgehead atoms. The van der Waals surface area contributed by atoms with Crippen LogP contribution in [0.5, 0.6) is 0 Å². The van der Waals surface area contributed by atoms with E-state index in [0.29, 0.717) is 6.42 Å². The number of carboxylic acid groups (broad SMARTS) is 1. The highest BCUT2D eigenvalue weighted by atomic mass is 16.4. The molecular weight excluding hydrogens is 264 g/mol. The maximum absolute atomic E-state index is 11.1. The molecule has 2 aromatic carbocycles. The SMILES string of the molecule is O=C(O)C1Cc2c(CCNc3ccccc3)cccc2N1. The lowest BCUT2D eigenvalue weighted by Gasteiger charge is -2.09. The number of benzene rings is 2. The van der Waals surface area contributed by atoms with Gasteiger partial charge in [0.1, 0.15) is 6.04 Å². The summed E-state index contributed by atoms with van der Waals surface area (Å²) in [5, 5.41) is 15.6. The molecule has 0 saturated carbocycles. The molecule has 2 aromatic rings. The predicted molar refractivity (Wildman–Crippen MR) is 83.8 cm³/mol. The topological polar surface area (TPSA) is 61.4 Å². The highest BCUT2D eigenvalue weighted by molar-refractivity contribution is 5.81. The zero-order valence-corrected chi connectivity index (χ0v) is 11.7. The summed E-state index contributed by atoms with van der Waals surface area (Å²) >= 11 is 0. The van der Waals surface area contributed by atoms with Crippen LogP contribution in [-0.4, -0.2) is 23.7 Å². The van der Waals surface area contributed by atoms with Gasteiger partial charge in [-0.15, -0.1) is 0 Å². The second kappa shape index (κ2) is 5.87. The highest BCUT2D eigenvalue weighted by Crippen LogP contribution is 2.29. The van der Waals surface area contributed by atoms with Gasteiger partial charge in [-0.2, -0.15) is 0 Å². The highest BCUT2D eigenvalue weighted by Gasteiger charge is 2.27. The minimum absolute atomic E-state index is 0.497. The van der Waals surface area contributed by atoms with Gasteiger partial charge in [-0.05, 0) is 35.7 Å². The minimum atomic E-state index is -0.792. The van der Waals surface area contributed by atoms with Crippen LogP contribution >= 0.6 is 0 Å². The van der Waals surface area contributed by atoms with Crippen molar-refractivity contribution >= 4 is 17.3 Å². The molecule has 0 radical (unpaired) electrons. The molecular formula is C17H18N2O2. The van der Waals surface area contributed by atoms with Gasteiger partial charge in [0.2, 0.25) is 0 Å². The molecule has 1 atom stereocenters. The summed E-state index contributed by atoms with van der Waals surface area (Å²) in [5.41, 5.74) is 4.41. The Morgan fingerprint density at radius 3 is 2.76 bits per heavy atom. The van der Waals surface area contributed by atoms with E-state index in [-0.39, 0.29) is 0 Å². The number of aliphatic carboxylic acids is 1. The van der Waals surface area contributed by atoms with Crippen molar-refractivity contribution in [3.05, 3.63) is 59.7 Å². The average Bonchev–Trinajstić information content (AvgIpc) is 2.94. The molecule has 1 heterocycles. The van der Waals surface area contributed by atoms with E-state index >= 15 is 0 Å². The van der Waals surface area contributed by atoms with E-state index in [4.69, 9.17) is 5.11 Å². The molecule has 0 aliphatic carbocycles. The fourth-order valence-electron chi connectivity index (χ4n) is 2.73. The minimum Gasteiger partial charge on any atom is -0.480 e. The first kappa shape index (κ1) is 13.5. The van der Waals surface area contributed by atoms with Gasteiger partial charge in [0.05, 0.1) is 0 Å². The third-order valence-electron chi connectivity index (χ3n) is 3.81. The lowest BCUT2D eigenvalue weighted by atomic mass is 10.0. The van der Waals surface area contributed by atoms with Crippen molar-refractivity contribution in [1.29, 1.82) is 0 Å². The predicted octanol–water partition coefficient (Wildman–Crippen LogP) is 2.76. The molecule has 0 aromatic heterocycles. The molecule has 4 nitrogen and oxygen atoms in total. The molecule has 3 N–H and O–H groups in total. The van der Waals surface area contributed by atoms with Crippen LogP contribution < -0.4 is 10.6 Å². The normalized spacial score (nSPS) is 16.1. The Labute approximate surface area is 123 Å². The van der Waals surface area contributed by atoms with Crippen molar-refractivity contribution in [2.24, 2.45) is 0 Å². The quantitative estimate of drug-likeness (QED) is 0.789. The maximum atomic E-state index is 11.1. The Kier molecular flexibility index (Phi) is 3.77. The summed E-state index contributed by atoms with van der Waals surface area (Å²) in [6.45, 7) is 0.832. The summed E-state index contributed by atoms with van der Waals surface area (Å²) in [6, 6.07) is 15.6. The monoisotopic (exact) mass is 282 g/mol. The molecule has 0 spiro atoms. The summed E-state index contributed by atoms with van der Waals surface area (Å²) in [6.07, 6.45) is 1.44. The molecule has 0 fully saturated rings. The number of hydrogen-bond acceptors (Lipinski definition) is 3. The van der Waals surface area contributed by atoms with Crippen LogP contribution in [0.15, 0.2) is 48.5 Å². The van der Waals surface area contributed by atoms with Gasteiger partial charge in [-0.1, -0.05) is 30.3 Å². The number of anilines is 2. The van der Waals surface area contributed by atoms with E-state index in [0.717, 1.165) is 29.9 Å². The van der Waals surface area contributed by atoms with Crippen molar-refractivity contribution in [2.75, 3.05) is 17.2 Å². The van der Waals surface area contributed by atoms with Crippen LogP contribution in [0, 0.1) is 0 Å². The molecule has 108 valence electrons. The van der Waals surface area contributed by atoms with Crippen LogP contribution in [0.3, 0.4) is 0 Å². The molecule has 0 amide bonds. The third kappa shape index (κ3) is 2.99. The Bertz CT molecular complexity index is 640. The largest absolute Gasteiger partial charge is 0.480 e. The Morgan fingerprint density at radius 1 is 1.19 bits per heavy atom. The summed E-state index contributed by atoms with van der Waals surface area (Å²) < 4.78 is 0. The molecule has 21 heavy (non-hydrogen) atoms. The number of fused-ring (bicyclic) bond motifs is 1. The van der Waals surface area contributed by atoms with Crippen molar-refractivity contribution in [3.8, 4) is 0 Å². The molecule has 1 aliphatic rings. The van der Waals surface area contributed by atoms with E-state index in [1.807, 2.05) is 42.5 Å². The van der Waals surface area contributed by atoms with E-state index < -0.39 is 12.0 Å². The van der Waals surface area contributed by atoms with Crippen molar-refractivity contribution in [2.45, 2.75) is 18.9 Å². The zero-order valence-electron chi connectivity index (χ0n) is 11.7. The Balaban J connectivity index is 1.65. The number of nitrogens with one attached hydrogen (secondary N) is 2. The first-order valence-corrected chi connectivity index (χ1v) is 7.13. The summed E-state index contributed by atoms with van der Waals surface area (Å²) in [7, 11) is 0. The van der Waals surface area contributed by atoms with Gasteiger partial charge >= 0.3 is 5.97 Å². The van der Waals surface area contributed by atoms with Gasteiger partial charge in [0.15, 0.2) is 0 Å². The molecule has 1 aliphatic heterocycles. The van der Waals surface area contributed by atoms with Gasteiger partial charge in [0, 0.05) is 24.3 Å². The van der Waals surface area contributed by atoms with Crippen molar-refractivity contribution in [1.82, 2.24) is 0 Å². The average molecular weight is 282 g/mol. The van der Waals surface area contributed by atoms with Gasteiger partial charge in [-0.3, -0.25) is 0 Å². The number of carboxylic acids is 1. The van der Waals surface area contributed by atoms with E-state index in [1.165, 1.54) is 5.56 Å². The lowest BCUT2D eigenvalue weighted by Crippen LogP contribution is -2.26. The summed E-state index contributed by atoms with van der Waals surface area (Å²) in [4.78, 5) is 11.1. The third-order valence-corrected chi connectivity index (χ3v) is 3.81. The smallest absolute Gasteiger partial charge is 0.326 e. The van der Waals surface area contributed by atoms with Crippen molar-refractivity contribution in [3.63, 3.8) is 0 Å². The number of carbonyl (C=O) groups is 1. The second-order valence-electron chi connectivity index (χ2n) is 5.23. The number of rotatable bonds is 5. The van der Waals surface area contributed by atoms with E-state index in [1.54, 1.807) is 0 Å². The van der Waals surface area contributed by atoms with Crippen LogP contribution in [0.2, 0.25) is 0 Å². The molecule has 3 rings (SSSR count). The first-order chi connectivity index (χ1) is 10.2. The first-order valence-electron chi connectivity index (χ1n) is 7.13. The maximum Gasteiger partial charge on any atom is 0.326 e.